The number of aryl methyl sites for hydroxylation is 2. The van der Waals surface area contributed by atoms with Crippen molar-refractivity contribution in [1.82, 2.24) is 19.9 Å². The number of fused-ring (bicyclic) bond motifs is 2. The molecule has 0 spiro atoms. The van der Waals surface area contributed by atoms with Crippen LogP contribution in [-0.4, -0.2) is 46.1 Å². The third kappa shape index (κ3) is 5.40. The minimum absolute atomic E-state index is 0.367. The SMILES string of the molecule is CCN(CC)c1ccc2c(C)c(-c3cnc(-c4cnc(-c5c(C)c6ccc(N(CC)CC)cc6oc5=O)cn4)cn3)c(=O)oc2c1. The molecule has 0 saturated heterocycles. The molecule has 0 atom stereocenters. The molecule has 46 heavy (non-hydrogen) atoms. The highest BCUT2D eigenvalue weighted by molar-refractivity contribution is 5.89. The second kappa shape index (κ2) is 12.5. The number of aromatic nitrogens is 4. The Hall–Kier alpha value is -5.38. The summed E-state index contributed by atoms with van der Waals surface area (Å²) in [6, 6.07) is 11.8. The first kappa shape index (κ1) is 30.6. The summed E-state index contributed by atoms with van der Waals surface area (Å²) in [5.74, 6) is 0. The Morgan fingerprint density at radius 1 is 0.543 bits per heavy atom. The average Bonchev–Trinajstić information content (AvgIpc) is 3.06. The van der Waals surface area contributed by atoms with Crippen LogP contribution in [-0.2, 0) is 0 Å². The van der Waals surface area contributed by atoms with Gasteiger partial charge in [-0.25, -0.2) is 9.59 Å². The highest BCUT2D eigenvalue weighted by Crippen LogP contribution is 2.31. The molecular weight excluding hydrogens is 580 g/mol. The van der Waals surface area contributed by atoms with E-state index in [1.807, 2.05) is 50.2 Å². The minimum Gasteiger partial charge on any atom is -0.422 e. The molecule has 10 nitrogen and oxygen atoms in total. The first-order valence-electron chi connectivity index (χ1n) is 15.6. The van der Waals surface area contributed by atoms with Crippen molar-refractivity contribution in [3.63, 3.8) is 0 Å². The molecule has 234 valence electrons. The Balaban J connectivity index is 1.29. The molecule has 10 heteroatoms. The molecule has 6 rings (SSSR count). The zero-order valence-corrected chi connectivity index (χ0v) is 26.9. The van der Waals surface area contributed by atoms with Crippen molar-refractivity contribution in [2.24, 2.45) is 0 Å². The number of nitrogens with zero attached hydrogens (tertiary/aromatic N) is 6. The molecule has 0 fully saturated rings. The smallest absolute Gasteiger partial charge is 0.346 e. The minimum atomic E-state index is -0.471. The summed E-state index contributed by atoms with van der Waals surface area (Å²) in [6.07, 6.45) is 6.17. The normalized spacial score (nSPS) is 11.3. The van der Waals surface area contributed by atoms with E-state index in [2.05, 4.69) is 57.4 Å². The Labute approximate surface area is 266 Å². The lowest BCUT2D eigenvalue weighted by Crippen LogP contribution is -2.21. The van der Waals surface area contributed by atoms with Crippen LogP contribution in [0.4, 0.5) is 11.4 Å². The second-order valence-corrected chi connectivity index (χ2v) is 11.1. The summed E-state index contributed by atoms with van der Waals surface area (Å²) < 4.78 is 11.5. The van der Waals surface area contributed by atoms with E-state index in [0.29, 0.717) is 45.1 Å². The molecule has 4 heterocycles. The third-order valence-electron chi connectivity index (χ3n) is 8.64. The van der Waals surface area contributed by atoms with Crippen molar-refractivity contribution in [3.05, 3.63) is 93.2 Å². The predicted molar refractivity (Wildman–Crippen MR) is 183 cm³/mol. The zero-order valence-electron chi connectivity index (χ0n) is 26.9. The molecule has 0 bridgehead atoms. The van der Waals surface area contributed by atoms with Gasteiger partial charge in [0, 0.05) is 60.5 Å². The van der Waals surface area contributed by atoms with Crippen LogP contribution < -0.4 is 21.1 Å². The fourth-order valence-electron chi connectivity index (χ4n) is 6.03. The van der Waals surface area contributed by atoms with Gasteiger partial charge in [-0.2, -0.15) is 0 Å². The van der Waals surface area contributed by atoms with Gasteiger partial charge in [-0.3, -0.25) is 19.9 Å². The monoisotopic (exact) mass is 616 g/mol. The molecule has 4 aromatic heterocycles. The first-order chi connectivity index (χ1) is 22.3. The van der Waals surface area contributed by atoms with Gasteiger partial charge < -0.3 is 18.6 Å². The molecule has 0 aliphatic heterocycles. The quantitative estimate of drug-likeness (QED) is 0.161. The van der Waals surface area contributed by atoms with Crippen LogP contribution >= 0.6 is 0 Å². The van der Waals surface area contributed by atoms with Gasteiger partial charge in [0.15, 0.2) is 0 Å². The van der Waals surface area contributed by atoms with Gasteiger partial charge in [0.1, 0.15) is 22.6 Å². The van der Waals surface area contributed by atoms with E-state index in [9.17, 15) is 9.59 Å². The van der Waals surface area contributed by atoms with Crippen LogP contribution in [0.2, 0.25) is 0 Å². The number of hydrogen-bond donors (Lipinski definition) is 0. The second-order valence-electron chi connectivity index (χ2n) is 11.1. The van der Waals surface area contributed by atoms with Crippen LogP contribution in [0.1, 0.15) is 38.8 Å². The number of hydrogen-bond acceptors (Lipinski definition) is 10. The third-order valence-corrected chi connectivity index (χ3v) is 8.64. The van der Waals surface area contributed by atoms with Crippen LogP contribution in [0, 0.1) is 13.8 Å². The number of anilines is 2. The molecule has 0 aliphatic rings. The largest absolute Gasteiger partial charge is 0.422 e. The van der Waals surface area contributed by atoms with Gasteiger partial charge in [0.05, 0.1) is 47.3 Å². The Kier molecular flexibility index (Phi) is 8.36. The van der Waals surface area contributed by atoms with Crippen molar-refractivity contribution >= 4 is 33.3 Å². The predicted octanol–water partition coefficient (Wildman–Crippen LogP) is 6.79. The van der Waals surface area contributed by atoms with Crippen molar-refractivity contribution in [3.8, 4) is 33.9 Å². The maximum atomic E-state index is 13.1. The maximum absolute atomic E-state index is 13.1. The van der Waals surface area contributed by atoms with E-state index < -0.39 is 11.3 Å². The van der Waals surface area contributed by atoms with Gasteiger partial charge in [-0.1, -0.05) is 0 Å². The van der Waals surface area contributed by atoms with Crippen LogP contribution in [0.25, 0.3) is 55.8 Å². The van der Waals surface area contributed by atoms with E-state index in [4.69, 9.17) is 8.83 Å². The molecule has 0 aliphatic carbocycles. The molecule has 0 amide bonds. The van der Waals surface area contributed by atoms with E-state index in [1.165, 1.54) is 12.4 Å². The lowest BCUT2D eigenvalue weighted by atomic mass is 10.0. The number of rotatable bonds is 9. The van der Waals surface area contributed by atoms with Crippen LogP contribution in [0.15, 0.2) is 79.6 Å². The summed E-state index contributed by atoms with van der Waals surface area (Å²) >= 11 is 0. The summed E-state index contributed by atoms with van der Waals surface area (Å²) in [5, 5.41) is 1.69. The van der Waals surface area contributed by atoms with Gasteiger partial charge in [-0.05, 0) is 76.9 Å². The molecule has 2 aromatic carbocycles. The van der Waals surface area contributed by atoms with Crippen molar-refractivity contribution in [2.45, 2.75) is 41.5 Å². The lowest BCUT2D eigenvalue weighted by molar-refractivity contribution is 0.561. The molecule has 0 unspecified atom stereocenters. The highest BCUT2D eigenvalue weighted by Gasteiger charge is 2.19. The van der Waals surface area contributed by atoms with E-state index in [-0.39, 0.29) is 0 Å². The molecular formula is C36H36N6O4. The summed E-state index contributed by atoms with van der Waals surface area (Å²) in [4.78, 5) is 48.7. The lowest BCUT2D eigenvalue weighted by Gasteiger charge is -2.21. The van der Waals surface area contributed by atoms with Gasteiger partial charge in [0.2, 0.25) is 0 Å². The fraction of sp³-hybridized carbons (Fsp3) is 0.278. The number of benzene rings is 2. The van der Waals surface area contributed by atoms with Crippen molar-refractivity contribution < 1.29 is 8.83 Å². The van der Waals surface area contributed by atoms with Crippen molar-refractivity contribution in [1.29, 1.82) is 0 Å². The molecule has 0 N–H and O–H groups in total. The first-order valence-corrected chi connectivity index (χ1v) is 15.6. The highest BCUT2D eigenvalue weighted by atomic mass is 16.4. The van der Waals surface area contributed by atoms with E-state index in [1.54, 1.807) is 12.4 Å². The standard InChI is InChI=1S/C36H36N6O4/c1-7-41(8-2)23-11-13-25-21(5)33(35(43)45-31(25)15-23)29-19-37-27(17-39-29)28-18-40-30(20-38-28)34-22(6)26-14-12-24(42(9-3)10-4)16-32(26)46-36(34)44/h11-20H,7-10H2,1-6H3. The van der Waals surface area contributed by atoms with Crippen LogP contribution in [0.3, 0.4) is 0 Å². The van der Waals surface area contributed by atoms with E-state index in [0.717, 1.165) is 59.5 Å². The van der Waals surface area contributed by atoms with Gasteiger partial charge in [-0.15, -0.1) is 0 Å². The fourth-order valence-corrected chi connectivity index (χ4v) is 6.03. The van der Waals surface area contributed by atoms with Gasteiger partial charge >= 0.3 is 11.3 Å². The van der Waals surface area contributed by atoms with E-state index >= 15 is 0 Å². The Bertz CT molecular complexity index is 2010. The topological polar surface area (TPSA) is 118 Å². The maximum Gasteiger partial charge on any atom is 0.346 e. The van der Waals surface area contributed by atoms with Crippen LogP contribution in [0.5, 0.6) is 0 Å². The zero-order chi connectivity index (χ0) is 32.5. The average molecular weight is 617 g/mol. The van der Waals surface area contributed by atoms with Crippen molar-refractivity contribution in [2.75, 3.05) is 36.0 Å². The summed E-state index contributed by atoms with van der Waals surface area (Å²) in [6.45, 7) is 15.6. The van der Waals surface area contributed by atoms with Gasteiger partial charge in [0.25, 0.3) is 0 Å². The summed E-state index contributed by atoms with van der Waals surface area (Å²) in [5.41, 5.74) is 6.18. The Morgan fingerprint density at radius 3 is 1.22 bits per heavy atom. The molecule has 0 radical (unpaired) electrons. The molecule has 6 aromatic rings. The summed E-state index contributed by atoms with van der Waals surface area (Å²) in [7, 11) is 0. The molecule has 0 saturated carbocycles. The Morgan fingerprint density at radius 2 is 0.891 bits per heavy atom.